The van der Waals surface area contributed by atoms with Gasteiger partial charge in [0, 0.05) is 83.8 Å². The summed E-state index contributed by atoms with van der Waals surface area (Å²) >= 11 is 0. The number of piperidine rings is 1. The van der Waals surface area contributed by atoms with Gasteiger partial charge in [0.25, 0.3) is 0 Å². The number of urea groups is 1. The van der Waals surface area contributed by atoms with Crippen LogP contribution in [-0.2, 0) is 4.79 Å². The Hall–Kier alpha value is -6.20. The number of anilines is 2. The first kappa shape index (κ1) is 36.4. The number of amides is 3. The number of hydrogen-bond acceptors (Lipinski definition) is 10. The second-order valence-electron chi connectivity index (χ2n) is 16.0. The van der Waals surface area contributed by atoms with Crippen LogP contribution in [0.4, 0.5) is 16.2 Å². The smallest absolute Gasteiger partial charge is 0.328 e. The van der Waals surface area contributed by atoms with E-state index in [-0.39, 0.29) is 24.4 Å². The minimum Gasteiger partial charge on any atom is -0.382 e. The SMILES string of the molecule is CC(C)Nc1cc(-n2ccc3cc(C#N)cnc32)ncc1-c1cn([C@H]2CC[C@H](CN3CCC(c4cccc5c(N6CCC(=O)NC6=O)cncc45)CC3)CC2)nn1. The van der Waals surface area contributed by atoms with Gasteiger partial charge in [0.2, 0.25) is 5.91 Å². The van der Waals surface area contributed by atoms with Crippen LogP contribution in [0, 0.1) is 17.2 Å². The van der Waals surface area contributed by atoms with Crippen LogP contribution in [-0.4, -0.2) is 83.6 Å². The maximum atomic E-state index is 12.6. The van der Waals surface area contributed by atoms with E-state index in [2.05, 4.69) is 84.8 Å². The van der Waals surface area contributed by atoms with Gasteiger partial charge >= 0.3 is 6.03 Å². The van der Waals surface area contributed by atoms with Crippen LogP contribution >= 0.6 is 0 Å². The molecule has 3 amide bonds. The molecule has 14 nitrogen and oxygen atoms in total. The summed E-state index contributed by atoms with van der Waals surface area (Å²) in [6.45, 7) is 7.84. The number of carbonyl (C=O) groups is 2. The molecular formula is C43H46N12O2. The van der Waals surface area contributed by atoms with Gasteiger partial charge in [-0.1, -0.05) is 23.4 Å². The minimum absolute atomic E-state index is 0.196. The van der Waals surface area contributed by atoms with E-state index in [1.807, 2.05) is 41.4 Å². The number of hydrogen-bond donors (Lipinski definition) is 2. The molecule has 1 aromatic carbocycles. The van der Waals surface area contributed by atoms with Crippen molar-refractivity contribution in [1.82, 2.24) is 44.7 Å². The molecule has 2 aliphatic heterocycles. The molecule has 290 valence electrons. The summed E-state index contributed by atoms with van der Waals surface area (Å²) in [5, 5.41) is 27.6. The van der Waals surface area contributed by atoms with E-state index in [9.17, 15) is 14.9 Å². The molecule has 0 bridgehead atoms. The van der Waals surface area contributed by atoms with Gasteiger partial charge in [0.15, 0.2) is 0 Å². The van der Waals surface area contributed by atoms with Crippen molar-refractivity contribution in [2.45, 2.75) is 76.8 Å². The van der Waals surface area contributed by atoms with Gasteiger partial charge < -0.3 is 10.2 Å². The maximum absolute atomic E-state index is 12.6. The van der Waals surface area contributed by atoms with Gasteiger partial charge in [-0.15, -0.1) is 5.10 Å². The van der Waals surface area contributed by atoms with Gasteiger partial charge in [-0.05, 0) is 95.0 Å². The highest BCUT2D eigenvalue weighted by Gasteiger charge is 2.30. The first-order chi connectivity index (χ1) is 27.8. The van der Waals surface area contributed by atoms with E-state index in [1.165, 1.54) is 18.4 Å². The molecule has 0 atom stereocenters. The zero-order chi connectivity index (χ0) is 39.0. The maximum Gasteiger partial charge on any atom is 0.328 e. The molecule has 14 heteroatoms. The number of imide groups is 1. The first-order valence-electron chi connectivity index (χ1n) is 20.1. The van der Waals surface area contributed by atoms with Crippen LogP contribution in [0.15, 0.2) is 73.6 Å². The summed E-state index contributed by atoms with van der Waals surface area (Å²) in [7, 11) is 0. The third-order valence-corrected chi connectivity index (χ3v) is 11.9. The Labute approximate surface area is 330 Å². The van der Waals surface area contributed by atoms with Gasteiger partial charge in [-0.2, -0.15) is 5.26 Å². The van der Waals surface area contributed by atoms with Crippen molar-refractivity contribution in [1.29, 1.82) is 5.26 Å². The topological polar surface area (TPSA) is 163 Å². The first-order valence-corrected chi connectivity index (χ1v) is 20.1. The van der Waals surface area contributed by atoms with Crippen molar-refractivity contribution in [3.8, 4) is 23.1 Å². The monoisotopic (exact) mass is 762 g/mol. The van der Waals surface area contributed by atoms with Crippen molar-refractivity contribution in [2.24, 2.45) is 5.92 Å². The standard InChI is InChI=1S/C43H46N12O2/c1-27(2)48-37-19-40(54-16-12-31-18-29(20-44)21-47-42(31)54)46-23-36(37)38-26-55(51-50-38)32-8-6-28(7-9-32)25-52-14-10-30(11-15-52)33-4-3-5-34-35(33)22-45-24-39(34)53-17-13-41(56)49-43(53)57/h3-5,12,16,18-19,21-24,26-28,30,32H,6-11,13-15,17,25H2,1-2H3,(H,46,48)(H,49,56,57)/t28-,32-. The number of carbonyl (C=O) groups excluding carboxylic acids is 2. The highest BCUT2D eigenvalue weighted by molar-refractivity contribution is 6.10. The van der Waals surface area contributed by atoms with Crippen molar-refractivity contribution in [3.05, 3.63) is 84.7 Å². The molecule has 0 radical (unpaired) electrons. The van der Waals surface area contributed by atoms with Crippen molar-refractivity contribution in [2.75, 3.05) is 36.4 Å². The Morgan fingerprint density at radius 3 is 2.58 bits per heavy atom. The zero-order valence-corrected chi connectivity index (χ0v) is 32.3. The number of nitriles is 1. The highest BCUT2D eigenvalue weighted by atomic mass is 16.2. The third kappa shape index (κ3) is 7.31. The van der Waals surface area contributed by atoms with Crippen LogP contribution in [0.2, 0.25) is 0 Å². The molecule has 0 spiro atoms. The van der Waals surface area contributed by atoms with Crippen LogP contribution in [0.1, 0.15) is 81.9 Å². The van der Waals surface area contributed by atoms with E-state index in [0.717, 1.165) is 95.6 Å². The second kappa shape index (κ2) is 15.4. The van der Waals surface area contributed by atoms with E-state index >= 15 is 0 Å². The lowest BCUT2D eigenvalue weighted by molar-refractivity contribution is -0.120. The lowest BCUT2D eigenvalue weighted by Crippen LogP contribution is -2.49. The summed E-state index contributed by atoms with van der Waals surface area (Å²) < 4.78 is 3.99. The summed E-state index contributed by atoms with van der Waals surface area (Å²) in [6, 6.07) is 14.5. The Kier molecular flexibility index (Phi) is 9.83. The molecule has 1 saturated carbocycles. The zero-order valence-electron chi connectivity index (χ0n) is 32.3. The van der Waals surface area contributed by atoms with Crippen LogP contribution in [0.5, 0.6) is 0 Å². The van der Waals surface area contributed by atoms with E-state index in [1.54, 1.807) is 17.3 Å². The average Bonchev–Trinajstić information content (AvgIpc) is 3.89. The largest absolute Gasteiger partial charge is 0.382 e. The fraction of sp³-hybridized carbons (Fsp3) is 0.395. The van der Waals surface area contributed by atoms with Crippen molar-refractivity contribution in [3.63, 3.8) is 0 Å². The number of fused-ring (bicyclic) bond motifs is 2. The average molecular weight is 763 g/mol. The van der Waals surface area contributed by atoms with Gasteiger partial charge in [0.1, 0.15) is 23.2 Å². The Morgan fingerprint density at radius 1 is 0.947 bits per heavy atom. The molecule has 57 heavy (non-hydrogen) atoms. The fourth-order valence-corrected chi connectivity index (χ4v) is 9.01. The second-order valence-corrected chi connectivity index (χ2v) is 16.0. The summed E-state index contributed by atoms with van der Waals surface area (Å²) in [5.41, 5.74) is 5.95. The molecule has 3 aliphatic rings. The predicted octanol–water partition coefficient (Wildman–Crippen LogP) is 6.98. The highest BCUT2D eigenvalue weighted by Crippen LogP contribution is 2.38. The fourth-order valence-electron chi connectivity index (χ4n) is 9.01. The van der Waals surface area contributed by atoms with E-state index in [0.29, 0.717) is 30.0 Å². The molecule has 7 heterocycles. The molecule has 1 aliphatic carbocycles. The van der Waals surface area contributed by atoms with E-state index in [4.69, 9.17) is 4.98 Å². The van der Waals surface area contributed by atoms with Crippen molar-refractivity contribution < 1.29 is 9.59 Å². The van der Waals surface area contributed by atoms with Crippen LogP contribution in [0.25, 0.3) is 38.9 Å². The number of likely N-dealkylation sites (tertiary alicyclic amines) is 1. The third-order valence-electron chi connectivity index (χ3n) is 11.9. The minimum atomic E-state index is -0.383. The molecule has 3 fully saturated rings. The molecule has 2 N–H and O–H groups in total. The quantitative estimate of drug-likeness (QED) is 0.157. The number of benzene rings is 1. The number of nitrogens with one attached hydrogen (secondary N) is 2. The summed E-state index contributed by atoms with van der Waals surface area (Å²) in [4.78, 5) is 42.6. The van der Waals surface area contributed by atoms with Gasteiger partial charge in [-0.3, -0.25) is 24.6 Å². The lowest BCUT2D eigenvalue weighted by Gasteiger charge is -2.37. The van der Waals surface area contributed by atoms with Crippen molar-refractivity contribution >= 4 is 45.1 Å². The summed E-state index contributed by atoms with van der Waals surface area (Å²) in [6.07, 6.45) is 18.1. The Balaban J connectivity index is 0.817. The number of rotatable bonds is 9. The number of nitrogens with zero attached hydrogens (tertiary/aromatic N) is 10. The number of pyridine rings is 3. The van der Waals surface area contributed by atoms with Crippen LogP contribution < -0.4 is 15.5 Å². The molecule has 6 aromatic rings. The van der Waals surface area contributed by atoms with Gasteiger partial charge in [0.05, 0.1) is 29.7 Å². The van der Waals surface area contributed by atoms with Crippen LogP contribution in [0.3, 0.4) is 0 Å². The predicted molar refractivity (Wildman–Crippen MR) is 218 cm³/mol. The normalized spacial score (nSPS) is 19.6. The molecule has 0 unspecified atom stereocenters. The Morgan fingerprint density at radius 2 is 1.79 bits per heavy atom. The molecule has 5 aromatic heterocycles. The summed E-state index contributed by atoms with van der Waals surface area (Å²) in [5.74, 6) is 1.59. The van der Waals surface area contributed by atoms with E-state index < -0.39 is 0 Å². The molecule has 2 saturated heterocycles. The lowest BCUT2D eigenvalue weighted by atomic mass is 9.83. The number of aromatic nitrogens is 7. The van der Waals surface area contributed by atoms with Gasteiger partial charge in [-0.25, -0.2) is 19.4 Å². The molecule has 9 rings (SSSR count). The Bertz CT molecular complexity index is 2500. The molecular weight excluding hydrogens is 717 g/mol.